The number of hydrogen-bond acceptors (Lipinski definition) is 6. The smallest absolute Gasteiger partial charge is 0.232 e. The molecule has 0 saturated carbocycles. The van der Waals surface area contributed by atoms with Crippen LogP contribution in [0.4, 0.5) is 0 Å². The fourth-order valence-corrected chi connectivity index (χ4v) is 4.64. The second-order valence-corrected chi connectivity index (χ2v) is 8.37. The number of rotatable bonds is 6. The summed E-state index contributed by atoms with van der Waals surface area (Å²) in [7, 11) is 0. The molecule has 2 heterocycles. The van der Waals surface area contributed by atoms with E-state index in [4.69, 9.17) is 4.98 Å². The molecule has 2 N–H and O–H groups in total. The first-order chi connectivity index (χ1) is 12.5. The van der Waals surface area contributed by atoms with E-state index >= 15 is 0 Å². The van der Waals surface area contributed by atoms with E-state index in [1.165, 1.54) is 33.2 Å². The van der Waals surface area contributed by atoms with Gasteiger partial charge in [0.2, 0.25) is 5.91 Å². The number of hydrazone groups is 1. The van der Waals surface area contributed by atoms with E-state index < -0.39 is 0 Å². The highest BCUT2D eigenvalue weighted by molar-refractivity contribution is 8.01. The lowest BCUT2D eigenvalue weighted by Gasteiger charge is -2.15. The molecule has 1 aromatic carbocycles. The third kappa shape index (κ3) is 4.32. The van der Waals surface area contributed by atoms with Crippen LogP contribution in [0.15, 0.2) is 28.2 Å². The van der Waals surface area contributed by atoms with Gasteiger partial charge in [-0.3, -0.25) is 15.2 Å². The summed E-state index contributed by atoms with van der Waals surface area (Å²) in [6.07, 6.45) is 3.88. The van der Waals surface area contributed by atoms with Gasteiger partial charge in [0.1, 0.15) is 0 Å². The van der Waals surface area contributed by atoms with Crippen molar-refractivity contribution in [3.05, 3.63) is 35.0 Å². The van der Waals surface area contributed by atoms with E-state index in [1.54, 1.807) is 11.8 Å². The van der Waals surface area contributed by atoms with E-state index in [0.29, 0.717) is 5.75 Å². The van der Waals surface area contributed by atoms with Gasteiger partial charge in [0, 0.05) is 21.7 Å². The summed E-state index contributed by atoms with van der Waals surface area (Å²) in [6, 6.07) is 6.44. The molecule has 0 spiro atoms. The average molecular weight is 389 g/mol. The molecule has 1 atom stereocenters. The van der Waals surface area contributed by atoms with Crippen molar-refractivity contribution in [2.24, 2.45) is 5.10 Å². The van der Waals surface area contributed by atoms with E-state index in [0.717, 1.165) is 29.8 Å². The Morgan fingerprint density at radius 3 is 2.96 bits per heavy atom. The molecule has 1 aromatic heterocycles. The summed E-state index contributed by atoms with van der Waals surface area (Å²) in [6.45, 7) is 6.22. The van der Waals surface area contributed by atoms with Gasteiger partial charge in [-0.15, -0.1) is 23.5 Å². The number of benzene rings is 1. The minimum Gasteiger partial charge on any atom is -0.325 e. The Morgan fingerprint density at radius 1 is 1.46 bits per heavy atom. The van der Waals surface area contributed by atoms with Gasteiger partial charge >= 0.3 is 0 Å². The van der Waals surface area contributed by atoms with Gasteiger partial charge in [-0.2, -0.15) is 5.10 Å². The fraction of sp³-hybridized carbons (Fsp3) is 0.421. The summed E-state index contributed by atoms with van der Waals surface area (Å²) < 4.78 is 0. The van der Waals surface area contributed by atoms with Gasteiger partial charge in [-0.1, -0.05) is 11.6 Å². The predicted octanol–water partition coefficient (Wildman–Crippen LogP) is 3.62. The summed E-state index contributed by atoms with van der Waals surface area (Å²) in [5.41, 5.74) is 8.62. The van der Waals surface area contributed by atoms with Gasteiger partial charge in [0.05, 0.1) is 11.3 Å². The molecule has 5 nitrogen and oxygen atoms in total. The number of aryl methyl sites for hydroxylation is 2. The number of fused-ring (bicyclic) bond motifs is 1. The van der Waals surface area contributed by atoms with Crippen LogP contribution in [0.25, 0.3) is 10.9 Å². The highest BCUT2D eigenvalue weighted by Gasteiger charge is 2.20. The first-order valence-corrected chi connectivity index (χ1v) is 10.9. The number of carbonyl (C=O) groups excluding carboxylic acids is 1. The minimum atomic E-state index is -0.119. The van der Waals surface area contributed by atoms with Crippen molar-refractivity contribution in [1.82, 2.24) is 15.7 Å². The van der Waals surface area contributed by atoms with E-state index in [2.05, 4.69) is 54.1 Å². The van der Waals surface area contributed by atoms with Crippen molar-refractivity contribution in [3.63, 3.8) is 0 Å². The van der Waals surface area contributed by atoms with Crippen LogP contribution < -0.4 is 10.7 Å². The molecule has 7 heteroatoms. The number of nitrogens with zero attached hydrogens (tertiary/aromatic N) is 2. The number of amides is 1. The third-order valence-corrected chi connectivity index (χ3v) is 6.24. The van der Waals surface area contributed by atoms with Crippen LogP contribution in [-0.4, -0.2) is 34.1 Å². The Balaban J connectivity index is 1.75. The lowest BCUT2D eigenvalue weighted by atomic mass is 10.0. The normalized spacial score (nSPS) is 17.6. The number of pyridine rings is 1. The summed E-state index contributed by atoms with van der Waals surface area (Å²) in [5.74, 6) is 0.545. The van der Waals surface area contributed by atoms with Crippen molar-refractivity contribution in [2.75, 3.05) is 12.0 Å². The number of aromatic nitrogens is 1. The van der Waals surface area contributed by atoms with Crippen LogP contribution in [0.5, 0.6) is 0 Å². The molecule has 26 heavy (non-hydrogen) atoms. The molecular formula is C19H24N4OS2. The lowest BCUT2D eigenvalue weighted by Crippen LogP contribution is -2.34. The average Bonchev–Trinajstić information content (AvgIpc) is 3.03. The zero-order valence-corrected chi connectivity index (χ0v) is 17.2. The van der Waals surface area contributed by atoms with Crippen LogP contribution in [0.1, 0.15) is 30.2 Å². The lowest BCUT2D eigenvalue weighted by molar-refractivity contribution is -0.118. The number of nitrogens with one attached hydrogen (secondary N) is 2. The first kappa shape index (κ1) is 19.0. The predicted molar refractivity (Wildman–Crippen MR) is 112 cm³/mol. The quantitative estimate of drug-likeness (QED) is 0.449. The van der Waals surface area contributed by atoms with Crippen LogP contribution in [0.2, 0.25) is 0 Å². The zero-order valence-electron chi connectivity index (χ0n) is 15.5. The summed E-state index contributed by atoms with van der Waals surface area (Å²) in [5, 5.41) is 8.48. The minimum absolute atomic E-state index is 0.0538. The highest BCUT2D eigenvalue weighted by atomic mass is 32.2. The van der Waals surface area contributed by atoms with Gasteiger partial charge in [0.25, 0.3) is 0 Å². The Labute approximate surface area is 162 Å². The monoisotopic (exact) mass is 388 g/mol. The van der Waals surface area contributed by atoms with Crippen molar-refractivity contribution in [3.8, 4) is 0 Å². The Bertz CT molecular complexity index is 866. The largest absolute Gasteiger partial charge is 0.325 e. The van der Waals surface area contributed by atoms with Crippen molar-refractivity contribution < 1.29 is 4.79 Å². The van der Waals surface area contributed by atoms with E-state index in [1.807, 2.05) is 6.92 Å². The van der Waals surface area contributed by atoms with Crippen LogP contribution in [-0.2, 0) is 11.2 Å². The molecule has 0 bridgehead atoms. The standard InChI is InChI=1S/C19H24N4OS2/c1-11-5-8-16-15(9-11)18(25-4)14(13(3)20-16)7-6-12(2)22-23-19-21-17(24)10-26-19/h5,8-9,19,23H,6-7,10H2,1-4H3,(H,21,24). The molecular weight excluding hydrogens is 364 g/mol. The Morgan fingerprint density at radius 2 is 2.27 bits per heavy atom. The molecule has 1 aliphatic heterocycles. The molecule has 1 fully saturated rings. The summed E-state index contributed by atoms with van der Waals surface area (Å²) in [4.78, 5) is 17.3. The molecule has 2 aromatic rings. The Hall–Kier alpha value is -1.73. The van der Waals surface area contributed by atoms with Crippen LogP contribution in [0.3, 0.4) is 0 Å². The van der Waals surface area contributed by atoms with Gasteiger partial charge in [-0.25, -0.2) is 0 Å². The topological polar surface area (TPSA) is 66.4 Å². The van der Waals surface area contributed by atoms with Crippen molar-refractivity contribution >= 4 is 46.0 Å². The van der Waals surface area contributed by atoms with Crippen LogP contribution in [0, 0.1) is 13.8 Å². The molecule has 1 saturated heterocycles. The van der Waals surface area contributed by atoms with Gasteiger partial charge < -0.3 is 5.32 Å². The molecule has 1 unspecified atom stereocenters. The molecule has 0 aliphatic carbocycles. The fourth-order valence-electron chi connectivity index (χ4n) is 3.02. The summed E-state index contributed by atoms with van der Waals surface area (Å²) >= 11 is 3.31. The van der Waals surface area contributed by atoms with Crippen molar-refractivity contribution in [2.45, 2.75) is 44.0 Å². The molecule has 0 radical (unpaired) electrons. The maximum Gasteiger partial charge on any atom is 0.232 e. The van der Waals surface area contributed by atoms with Crippen LogP contribution >= 0.6 is 23.5 Å². The Kier molecular flexibility index (Phi) is 6.09. The molecule has 1 amide bonds. The number of thioether (sulfide) groups is 2. The molecule has 3 rings (SSSR count). The van der Waals surface area contributed by atoms with Gasteiger partial charge in [0.15, 0.2) is 5.50 Å². The number of carbonyl (C=O) groups is 1. The zero-order chi connectivity index (χ0) is 18.7. The maximum absolute atomic E-state index is 11.2. The van der Waals surface area contributed by atoms with E-state index in [-0.39, 0.29) is 11.4 Å². The highest BCUT2D eigenvalue weighted by Crippen LogP contribution is 2.32. The third-order valence-electron chi connectivity index (χ3n) is 4.38. The molecule has 138 valence electrons. The second kappa shape index (κ2) is 8.31. The second-order valence-electron chi connectivity index (χ2n) is 6.46. The first-order valence-electron chi connectivity index (χ1n) is 8.61. The number of hydrogen-bond donors (Lipinski definition) is 2. The van der Waals surface area contributed by atoms with Crippen molar-refractivity contribution in [1.29, 1.82) is 0 Å². The van der Waals surface area contributed by atoms with Gasteiger partial charge in [-0.05, 0) is 57.6 Å². The molecule has 1 aliphatic rings. The van der Waals surface area contributed by atoms with E-state index in [9.17, 15) is 4.79 Å². The maximum atomic E-state index is 11.2. The SMILES string of the molecule is CSc1c(CCC(C)=NNC2NC(=O)CS2)c(C)nc2ccc(C)cc12.